The fraction of sp³-hybridized carbons (Fsp3) is 0.231. The van der Waals surface area contributed by atoms with E-state index in [1.54, 1.807) is 31.4 Å². The Morgan fingerprint density at radius 1 is 0.909 bits per heavy atom. The van der Waals surface area contributed by atoms with Gasteiger partial charge in [0.2, 0.25) is 12.7 Å². The number of methoxy groups -OCH3 is 1. The molecule has 1 aliphatic rings. The smallest absolute Gasteiger partial charge is 0.251 e. The van der Waals surface area contributed by atoms with E-state index >= 15 is 0 Å². The van der Waals surface area contributed by atoms with Gasteiger partial charge >= 0.3 is 0 Å². The molecule has 7 heteroatoms. The predicted molar refractivity (Wildman–Crippen MR) is 125 cm³/mol. The molecule has 1 unspecified atom stereocenters. The molecule has 0 radical (unpaired) electrons. The zero-order chi connectivity index (χ0) is 23.2. The fourth-order valence-electron chi connectivity index (χ4n) is 3.75. The maximum Gasteiger partial charge on any atom is 0.251 e. The number of carbonyl (C=O) groups excluding carboxylic acids is 2. The summed E-state index contributed by atoms with van der Waals surface area (Å²) in [6.07, 6.45) is 1.27. The van der Waals surface area contributed by atoms with Crippen LogP contribution >= 0.6 is 0 Å². The summed E-state index contributed by atoms with van der Waals surface area (Å²) in [7, 11) is 1.63. The highest BCUT2D eigenvalue weighted by Crippen LogP contribution is 2.33. The summed E-state index contributed by atoms with van der Waals surface area (Å²) < 4.78 is 16.1. The summed E-state index contributed by atoms with van der Waals surface area (Å²) in [4.78, 5) is 24.2. The van der Waals surface area contributed by atoms with Crippen molar-refractivity contribution in [3.8, 4) is 17.2 Å². The first kappa shape index (κ1) is 22.2. The van der Waals surface area contributed by atoms with Gasteiger partial charge in [-0.2, -0.15) is 0 Å². The Hall–Kier alpha value is -4.00. The van der Waals surface area contributed by atoms with Crippen molar-refractivity contribution in [1.82, 2.24) is 5.32 Å². The van der Waals surface area contributed by atoms with Crippen LogP contribution in [-0.2, 0) is 17.6 Å². The molecule has 3 aromatic rings. The zero-order valence-electron chi connectivity index (χ0n) is 18.6. The van der Waals surface area contributed by atoms with Gasteiger partial charge in [0.1, 0.15) is 5.75 Å². The Labute approximate surface area is 192 Å². The summed E-state index contributed by atoms with van der Waals surface area (Å²) >= 11 is 0. The molecule has 0 bridgehead atoms. The molecule has 0 aliphatic carbocycles. The molecule has 0 fully saturated rings. The number of nitrogens with one attached hydrogen (secondary N) is 2. The van der Waals surface area contributed by atoms with E-state index in [1.165, 1.54) is 6.92 Å². The molecular weight excluding hydrogens is 420 g/mol. The minimum Gasteiger partial charge on any atom is -0.497 e. The number of carbonyl (C=O) groups is 2. The Balaban J connectivity index is 1.50. The lowest BCUT2D eigenvalue weighted by atomic mass is 9.98. The molecular formula is C26H26N2O5. The normalized spacial score (nSPS) is 12.7. The second-order valence-corrected chi connectivity index (χ2v) is 7.87. The van der Waals surface area contributed by atoms with Crippen molar-refractivity contribution in [2.75, 3.05) is 19.2 Å². The van der Waals surface area contributed by atoms with Crippen LogP contribution < -0.4 is 24.8 Å². The predicted octanol–water partition coefficient (Wildman–Crippen LogP) is 3.97. The van der Waals surface area contributed by atoms with Crippen molar-refractivity contribution in [2.45, 2.75) is 25.8 Å². The number of hydrogen-bond donors (Lipinski definition) is 2. The number of amides is 2. The number of benzene rings is 3. The third-order valence-corrected chi connectivity index (χ3v) is 5.36. The highest BCUT2D eigenvalue weighted by Gasteiger charge is 2.19. The van der Waals surface area contributed by atoms with Gasteiger partial charge in [-0.15, -0.1) is 0 Å². The number of rotatable bonds is 8. The summed E-state index contributed by atoms with van der Waals surface area (Å²) in [5.41, 5.74) is 3.30. The SMILES string of the molecule is COc1ccc(CC(Cc2ccc3c(c2)OCO3)NC(=O)c2ccc(NC(C)=O)cc2)cc1. The molecule has 0 spiro atoms. The van der Waals surface area contributed by atoms with Crippen LogP contribution in [0.25, 0.3) is 0 Å². The Morgan fingerprint density at radius 2 is 1.58 bits per heavy atom. The maximum absolute atomic E-state index is 13.0. The molecule has 1 heterocycles. The largest absolute Gasteiger partial charge is 0.497 e. The molecule has 7 nitrogen and oxygen atoms in total. The van der Waals surface area contributed by atoms with Crippen molar-refractivity contribution in [3.05, 3.63) is 83.4 Å². The van der Waals surface area contributed by atoms with E-state index in [4.69, 9.17) is 14.2 Å². The lowest BCUT2D eigenvalue weighted by molar-refractivity contribution is -0.114. The monoisotopic (exact) mass is 446 g/mol. The number of fused-ring (bicyclic) bond motifs is 1. The Bertz CT molecular complexity index is 1130. The van der Waals surface area contributed by atoms with Gasteiger partial charge in [0.25, 0.3) is 5.91 Å². The van der Waals surface area contributed by atoms with E-state index < -0.39 is 0 Å². The molecule has 2 N–H and O–H groups in total. The van der Waals surface area contributed by atoms with Crippen LogP contribution in [-0.4, -0.2) is 31.8 Å². The topological polar surface area (TPSA) is 85.9 Å². The molecule has 1 aliphatic heterocycles. The van der Waals surface area contributed by atoms with E-state index in [0.29, 0.717) is 24.1 Å². The molecule has 1 atom stereocenters. The van der Waals surface area contributed by atoms with Crippen molar-refractivity contribution in [3.63, 3.8) is 0 Å². The summed E-state index contributed by atoms with van der Waals surface area (Å²) in [6.45, 7) is 1.67. The van der Waals surface area contributed by atoms with Crippen LogP contribution in [0.3, 0.4) is 0 Å². The van der Waals surface area contributed by atoms with Crippen LogP contribution in [0.2, 0.25) is 0 Å². The lowest BCUT2D eigenvalue weighted by Gasteiger charge is -2.20. The third kappa shape index (κ3) is 5.83. The molecule has 3 aromatic carbocycles. The number of ether oxygens (including phenoxy) is 3. The van der Waals surface area contributed by atoms with E-state index in [2.05, 4.69) is 10.6 Å². The maximum atomic E-state index is 13.0. The van der Waals surface area contributed by atoms with Crippen LogP contribution in [0.4, 0.5) is 5.69 Å². The first-order valence-electron chi connectivity index (χ1n) is 10.7. The highest BCUT2D eigenvalue weighted by atomic mass is 16.7. The first-order chi connectivity index (χ1) is 16.0. The van der Waals surface area contributed by atoms with Gasteiger partial charge in [0, 0.05) is 24.2 Å². The first-order valence-corrected chi connectivity index (χ1v) is 10.7. The minimum atomic E-state index is -0.177. The molecule has 0 saturated heterocycles. The minimum absolute atomic E-state index is 0.152. The van der Waals surface area contributed by atoms with Crippen molar-refractivity contribution in [1.29, 1.82) is 0 Å². The zero-order valence-corrected chi connectivity index (χ0v) is 18.6. The quantitative estimate of drug-likeness (QED) is 0.547. The van der Waals surface area contributed by atoms with Gasteiger partial charge in [-0.25, -0.2) is 0 Å². The average Bonchev–Trinajstić information content (AvgIpc) is 3.27. The van der Waals surface area contributed by atoms with E-state index in [-0.39, 0.29) is 24.6 Å². The highest BCUT2D eigenvalue weighted by molar-refractivity contribution is 5.95. The Kier molecular flexibility index (Phi) is 6.78. The van der Waals surface area contributed by atoms with E-state index in [1.807, 2.05) is 42.5 Å². The summed E-state index contributed by atoms with van der Waals surface area (Å²) in [6, 6.07) is 20.3. The van der Waals surface area contributed by atoms with E-state index in [0.717, 1.165) is 28.4 Å². The number of anilines is 1. The Morgan fingerprint density at radius 3 is 2.27 bits per heavy atom. The van der Waals surface area contributed by atoms with Gasteiger partial charge in [0.05, 0.1) is 7.11 Å². The second kappa shape index (κ2) is 10.1. The van der Waals surface area contributed by atoms with Crippen LogP contribution in [0, 0.1) is 0 Å². The molecule has 0 aromatic heterocycles. The fourth-order valence-corrected chi connectivity index (χ4v) is 3.75. The van der Waals surface area contributed by atoms with Gasteiger partial charge < -0.3 is 24.8 Å². The van der Waals surface area contributed by atoms with Crippen LogP contribution in [0.15, 0.2) is 66.7 Å². The molecule has 2 amide bonds. The number of hydrogen-bond acceptors (Lipinski definition) is 5. The van der Waals surface area contributed by atoms with E-state index in [9.17, 15) is 9.59 Å². The third-order valence-electron chi connectivity index (χ3n) is 5.36. The average molecular weight is 447 g/mol. The van der Waals surface area contributed by atoms with Gasteiger partial charge in [-0.05, 0) is 72.5 Å². The summed E-state index contributed by atoms with van der Waals surface area (Å²) in [5, 5.41) is 5.86. The second-order valence-electron chi connectivity index (χ2n) is 7.87. The van der Waals surface area contributed by atoms with Gasteiger partial charge in [-0.1, -0.05) is 18.2 Å². The lowest BCUT2D eigenvalue weighted by Crippen LogP contribution is -2.38. The molecule has 170 valence electrons. The molecule has 0 saturated carbocycles. The van der Waals surface area contributed by atoms with Gasteiger partial charge in [-0.3, -0.25) is 9.59 Å². The van der Waals surface area contributed by atoms with Gasteiger partial charge in [0.15, 0.2) is 11.5 Å². The van der Waals surface area contributed by atoms with Crippen molar-refractivity contribution >= 4 is 17.5 Å². The van der Waals surface area contributed by atoms with Crippen molar-refractivity contribution < 1.29 is 23.8 Å². The molecule has 4 rings (SSSR count). The van der Waals surface area contributed by atoms with Crippen LogP contribution in [0.5, 0.6) is 17.2 Å². The molecule has 33 heavy (non-hydrogen) atoms. The standard InChI is InChI=1S/C26H26N2O5/c1-17(29)27-21-8-6-20(7-9-21)26(30)28-22(13-18-3-10-23(31-2)11-4-18)14-19-5-12-24-25(15-19)33-16-32-24/h3-12,15,22H,13-14,16H2,1-2H3,(H,27,29)(H,28,30). The van der Waals surface area contributed by atoms with Crippen LogP contribution in [0.1, 0.15) is 28.4 Å². The summed E-state index contributed by atoms with van der Waals surface area (Å²) in [5.74, 6) is 1.90. The van der Waals surface area contributed by atoms with Crippen molar-refractivity contribution in [2.24, 2.45) is 0 Å².